The first-order chi connectivity index (χ1) is 11.8. The van der Waals surface area contributed by atoms with Crippen molar-refractivity contribution in [2.45, 2.75) is 65.1 Å². The van der Waals surface area contributed by atoms with E-state index >= 15 is 0 Å². The average molecular weight is 347 g/mol. The Labute approximate surface area is 150 Å². The number of ether oxygens (including phenoxy) is 1. The minimum atomic E-state index is -0.569. The zero-order valence-electron chi connectivity index (χ0n) is 15.7. The number of likely N-dealkylation sites (N-methyl/N-ethyl adjacent to an activating group) is 1. The number of carbonyl (C=O) groups excluding carboxylic acids is 2. The highest BCUT2D eigenvalue weighted by Gasteiger charge is 2.36. The summed E-state index contributed by atoms with van der Waals surface area (Å²) in [6, 6.07) is 5.22. The Morgan fingerprint density at radius 1 is 1.32 bits per heavy atom. The van der Waals surface area contributed by atoms with E-state index in [9.17, 15) is 9.59 Å². The lowest BCUT2D eigenvalue weighted by Crippen LogP contribution is -2.53. The molecule has 1 aromatic rings. The molecule has 0 bridgehead atoms. The smallest absolute Gasteiger partial charge is 0.410 e. The van der Waals surface area contributed by atoms with Crippen LogP contribution in [0.4, 0.5) is 4.79 Å². The first kappa shape index (κ1) is 19.2. The maximum absolute atomic E-state index is 13.1. The number of aromatic nitrogens is 1. The normalized spacial score (nSPS) is 17.9. The second-order valence-corrected chi connectivity index (χ2v) is 7.36. The van der Waals surface area contributed by atoms with Crippen LogP contribution < -0.4 is 0 Å². The molecular weight excluding hydrogens is 318 g/mol. The van der Waals surface area contributed by atoms with Crippen LogP contribution in [-0.2, 0) is 16.1 Å². The molecule has 1 fully saturated rings. The van der Waals surface area contributed by atoms with Crippen molar-refractivity contribution >= 4 is 12.0 Å². The van der Waals surface area contributed by atoms with Crippen LogP contribution in [0.15, 0.2) is 24.4 Å². The Bertz CT molecular complexity index is 583. The van der Waals surface area contributed by atoms with Gasteiger partial charge in [-0.25, -0.2) is 4.79 Å². The summed E-state index contributed by atoms with van der Waals surface area (Å²) >= 11 is 0. The third-order valence-corrected chi connectivity index (χ3v) is 4.19. The van der Waals surface area contributed by atoms with Crippen molar-refractivity contribution in [1.29, 1.82) is 0 Å². The van der Waals surface area contributed by atoms with Crippen LogP contribution in [0.25, 0.3) is 0 Å². The Morgan fingerprint density at radius 3 is 2.68 bits per heavy atom. The van der Waals surface area contributed by atoms with Gasteiger partial charge in [0.15, 0.2) is 0 Å². The lowest BCUT2D eigenvalue weighted by Gasteiger charge is -2.38. The van der Waals surface area contributed by atoms with E-state index in [1.54, 1.807) is 16.0 Å². The summed E-state index contributed by atoms with van der Waals surface area (Å²) in [6.45, 7) is 9.05. The highest BCUT2D eigenvalue weighted by Crippen LogP contribution is 2.22. The first-order valence-electron chi connectivity index (χ1n) is 9.00. The molecule has 0 unspecified atom stereocenters. The van der Waals surface area contributed by atoms with Gasteiger partial charge in [0.05, 0.1) is 12.2 Å². The van der Waals surface area contributed by atoms with E-state index in [2.05, 4.69) is 4.98 Å². The molecule has 0 saturated carbocycles. The van der Waals surface area contributed by atoms with Gasteiger partial charge in [-0.05, 0) is 59.1 Å². The number of amides is 2. The topological polar surface area (TPSA) is 62.7 Å². The maximum Gasteiger partial charge on any atom is 0.410 e. The van der Waals surface area contributed by atoms with Gasteiger partial charge in [0.2, 0.25) is 5.91 Å². The molecule has 1 atom stereocenters. The fourth-order valence-electron chi connectivity index (χ4n) is 2.97. The molecule has 0 aliphatic carbocycles. The molecule has 0 N–H and O–H groups in total. The highest BCUT2D eigenvalue weighted by molar-refractivity contribution is 5.86. The van der Waals surface area contributed by atoms with Crippen LogP contribution in [0, 0.1) is 0 Å². The Kier molecular flexibility index (Phi) is 6.39. The van der Waals surface area contributed by atoms with Crippen LogP contribution in [0.2, 0.25) is 0 Å². The number of hydrogen-bond donors (Lipinski definition) is 0. The van der Waals surface area contributed by atoms with E-state index in [0.29, 0.717) is 26.1 Å². The molecule has 0 spiro atoms. The van der Waals surface area contributed by atoms with Crippen LogP contribution in [0.5, 0.6) is 0 Å². The molecule has 138 valence electrons. The van der Waals surface area contributed by atoms with Crippen LogP contribution in [0.3, 0.4) is 0 Å². The standard InChI is InChI=1S/C19H29N3O3/c1-5-21(14-15-10-6-8-12-20-15)17(23)16-11-7-9-13-22(16)18(24)25-19(2,3)4/h6,8,10,12,16H,5,7,9,11,13-14H2,1-4H3/t16-/m0/s1. The molecule has 1 saturated heterocycles. The van der Waals surface area contributed by atoms with E-state index in [4.69, 9.17) is 4.74 Å². The number of rotatable bonds is 4. The molecule has 0 radical (unpaired) electrons. The van der Waals surface area contributed by atoms with Crippen molar-refractivity contribution < 1.29 is 14.3 Å². The summed E-state index contributed by atoms with van der Waals surface area (Å²) in [5.74, 6) is -0.0290. The van der Waals surface area contributed by atoms with Gasteiger partial charge in [0.1, 0.15) is 11.6 Å². The van der Waals surface area contributed by atoms with Crippen molar-refractivity contribution in [2.75, 3.05) is 13.1 Å². The number of likely N-dealkylation sites (tertiary alicyclic amines) is 1. The molecule has 2 amide bonds. The fraction of sp³-hybridized carbons (Fsp3) is 0.632. The number of piperidine rings is 1. The van der Waals surface area contributed by atoms with Crippen LogP contribution in [-0.4, -0.2) is 51.5 Å². The minimum Gasteiger partial charge on any atom is -0.444 e. The zero-order valence-corrected chi connectivity index (χ0v) is 15.7. The van der Waals surface area contributed by atoms with Gasteiger partial charge >= 0.3 is 6.09 Å². The van der Waals surface area contributed by atoms with Crippen molar-refractivity contribution in [3.05, 3.63) is 30.1 Å². The van der Waals surface area contributed by atoms with E-state index in [-0.39, 0.29) is 5.91 Å². The molecule has 1 aliphatic heterocycles. The number of nitrogens with zero attached hydrogens (tertiary/aromatic N) is 3. The molecule has 6 nitrogen and oxygen atoms in total. The molecule has 1 aliphatic rings. The first-order valence-corrected chi connectivity index (χ1v) is 9.00. The molecule has 25 heavy (non-hydrogen) atoms. The summed E-state index contributed by atoms with van der Waals surface area (Å²) in [4.78, 5) is 33.2. The molecule has 1 aromatic heterocycles. The van der Waals surface area contributed by atoms with Crippen molar-refractivity contribution in [2.24, 2.45) is 0 Å². The monoisotopic (exact) mass is 347 g/mol. The van der Waals surface area contributed by atoms with Gasteiger partial charge in [0.25, 0.3) is 0 Å². The summed E-state index contributed by atoms with van der Waals surface area (Å²) in [5, 5.41) is 0. The zero-order chi connectivity index (χ0) is 18.4. The molecular formula is C19H29N3O3. The van der Waals surface area contributed by atoms with E-state index in [0.717, 1.165) is 18.5 Å². The highest BCUT2D eigenvalue weighted by atomic mass is 16.6. The fourth-order valence-corrected chi connectivity index (χ4v) is 2.97. The quantitative estimate of drug-likeness (QED) is 0.839. The molecule has 0 aromatic carbocycles. The Balaban J connectivity index is 2.11. The average Bonchev–Trinajstić information content (AvgIpc) is 2.58. The van der Waals surface area contributed by atoms with E-state index in [1.165, 1.54) is 0 Å². The van der Waals surface area contributed by atoms with Crippen LogP contribution >= 0.6 is 0 Å². The van der Waals surface area contributed by atoms with E-state index in [1.807, 2.05) is 45.9 Å². The van der Waals surface area contributed by atoms with Gasteiger partial charge in [-0.1, -0.05) is 6.07 Å². The molecule has 6 heteroatoms. The Morgan fingerprint density at radius 2 is 2.08 bits per heavy atom. The Hall–Kier alpha value is -2.11. The summed E-state index contributed by atoms with van der Waals surface area (Å²) < 4.78 is 5.49. The maximum atomic E-state index is 13.1. The van der Waals surface area contributed by atoms with Crippen molar-refractivity contribution in [1.82, 2.24) is 14.8 Å². The summed E-state index contributed by atoms with van der Waals surface area (Å²) in [5.41, 5.74) is 0.276. The lowest BCUT2D eigenvalue weighted by molar-refractivity contribution is -0.138. The number of hydrogen-bond acceptors (Lipinski definition) is 4. The summed E-state index contributed by atoms with van der Waals surface area (Å²) in [7, 11) is 0. The van der Waals surface area contributed by atoms with E-state index < -0.39 is 17.7 Å². The minimum absolute atomic E-state index is 0.0290. The van der Waals surface area contributed by atoms with Gasteiger partial charge in [-0.2, -0.15) is 0 Å². The predicted molar refractivity (Wildman–Crippen MR) is 95.9 cm³/mol. The van der Waals surface area contributed by atoms with Crippen molar-refractivity contribution in [3.63, 3.8) is 0 Å². The number of pyridine rings is 1. The third-order valence-electron chi connectivity index (χ3n) is 4.19. The number of carbonyl (C=O) groups is 2. The lowest BCUT2D eigenvalue weighted by atomic mass is 10.0. The van der Waals surface area contributed by atoms with Gasteiger partial charge in [0, 0.05) is 19.3 Å². The second-order valence-electron chi connectivity index (χ2n) is 7.36. The van der Waals surface area contributed by atoms with Gasteiger partial charge in [-0.3, -0.25) is 14.7 Å². The third kappa shape index (κ3) is 5.44. The molecule has 2 rings (SSSR count). The summed E-state index contributed by atoms with van der Waals surface area (Å²) in [6.07, 6.45) is 3.84. The predicted octanol–water partition coefficient (Wildman–Crippen LogP) is 3.22. The second kappa shape index (κ2) is 8.32. The molecule has 2 heterocycles. The largest absolute Gasteiger partial charge is 0.444 e. The van der Waals surface area contributed by atoms with Gasteiger partial charge in [-0.15, -0.1) is 0 Å². The SMILES string of the molecule is CCN(Cc1ccccn1)C(=O)[C@@H]1CCCCN1C(=O)OC(C)(C)C. The van der Waals surface area contributed by atoms with Crippen LogP contribution in [0.1, 0.15) is 52.7 Å². The van der Waals surface area contributed by atoms with Crippen molar-refractivity contribution in [3.8, 4) is 0 Å². The van der Waals surface area contributed by atoms with Gasteiger partial charge < -0.3 is 9.64 Å².